The summed E-state index contributed by atoms with van der Waals surface area (Å²) in [4.78, 5) is 16.1. The van der Waals surface area contributed by atoms with Crippen molar-refractivity contribution >= 4 is 21.7 Å². The molecule has 0 unspecified atom stereocenters. The molecule has 0 bridgehead atoms. The third-order valence-electron chi connectivity index (χ3n) is 3.08. The highest BCUT2D eigenvalue weighted by molar-refractivity contribution is 9.10. The van der Waals surface area contributed by atoms with Crippen LogP contribution >= 0.6 is 15.9 Å². The Kier molecular flexibility index (Phi) is 4.51. The van der Waals surface area contributed by atoms with Crippen LogP contribution in [0.25, 0.3) is 0 Å². The fraction of sp³-hybridized carbons (Fsp3) is 0.286. The lowest BCUT2D eigenvalue weighted by Gasteiger charge is -2.12. The van der Waals surface area contributed by atoms with Crippen molar-refractivity contribution in [2.75, 3.05) is 0 Å². The summed E-state index contributed by atoms with van der Waals surface area (Å²) in [7, 11) is 1.77. The largest absolute Gasteiger partial charge is 0.417 e. The molecule has 0 saturated heterocycles. The quantitative estimate of drug-likeness (QED) is 0.772. The Morgan fingerprint density at radius 2 is 2.10 bits per heavy atom. The van der Waals surface area contributed by atoms with Gasteiger partial charge in [0.1, 0.15) is 5.82 Å². The Bertz CT molecular complexity index is 664. The fourth-order valence-corrected chi connectivity index (χ4v) is 2.35. The lowest BCUT2D eigenvalue weighted by atomic mass is 10.00. The topological polar surface area (TPSA) is 34.9 Å². The van der Waals surface area contributed by atoms with Gasteiger partial charge in [-0.05, 0) is 18.2 Å². The van der Waals surface area contributed by atoms with Gasteiger partial charge in [0.25, 0.3) is 0 Å². The van der Waals surface area contributed by atoms with Crippen molar-refractivity contribution < 1.29 is 18.0 Å². The van der Waals surface area contributed by atoms with Crippen LogP contribution in [-0.2, 0) is 19.6 Å². The number of aromatic nitrogens is 2. The molecule has 112 valence electrons. The van der Waals surface area contributed by atoms with Crippen LogP contribution in [0.3, 0.4) is 0 Å². The van der Waals surface area contributed by atoms with Gasteiger partial charge < -0.3 is 4.57 Å². The van der Waals surface area contributed by atoms with Crippen LogP contribution < -0.4 is 0 Å². The monoisotopic (exact) mass is 360 g/mol. The zero-order valence-electron chi connectivity index (χ0n) is 11.1. The highest BCUT2D eigenvalue weighted by atomic mass is 79.9. The average molecular weight is 361 g/mol. The SMILES string of the molecule is Cn1ccnc1CCC(=O)c1ccc(Br)cc1C(F)(F)F. The number of hydrogen-bond donors (Lipinski definition) is 0. The van der Waals surface area contributed by atoms with Gasteiger partial charge in [-0.3, -0.25) is 4.79 Å². The van der Waals surface area contributed by atoms with Gasteiger partial charge in [0.2, 0.25) is 0 Å². The van der Waals surface area contributed by atoms with Crippen molar-refractivity contribution in [3.8, 4) is 0 Å². The number of Topliss-reactive ketones (excluding diaryl/α,β-unsaturated/α-hetero) is 1. The van der Waals surface area contributed by atoms with Gasteiger partial charge in [0.05, 0.1) is 5.56 Å². The summed E-state index contributed by atoms with van der Waals surface area (Å²) in [6.07, 6.45) is -0.968. The maximum Gasteiger partial charge on any atom is 0.417 e. The molecule has 1 heterocycles. The number of benzene rings is 1. The Balaban J connectivity index is 2.21. The van der Waals surface area contributed by atoms with E-state index in [0.717, 1.165) is 6.07 Å². The van der Waals surface area contributed by atoms with E-state index in [4.69, 9.17) is 0 Å². The minimum atomic E-state index is -4.56. The first kappa shape index (κ1) is 15.8. The number of alkyl halides is 3. The third kappa shape index (κ3) is 3.72. The van der Waals surface area contributed by atoms with Crippen LogP contribution in [0.1, 0.15) is 28.2 Å². The molecule has 2 rings (SSSR count). The van der Waals surface area contributed by atoms with Crippen molar-refractivity contribution in [3.05, 3.63) is 52.0 Å². The molecule has 0 radical (unpaired) electrons. The number of rotatable bonds is 4. The van der Waals surface area contributed by atoms with Gasteiger partial charge in [-0.2, -0.15) is 13.2 Å². The molecule has 0 aliphatic rings. The van der Waals surface area contributed by atoms with Gasteiger partial charge in [-0.25, -0.2) is 4.98 Å². The third-order valence-corrected chi connectivity index (χ3v) is 3.58. The molecule has 3 nitrogen and oxygen atoms in total. The zero-order chi connectivity index (χ0) is 15.6. The van der Waals surface area contributed by atoms with Gasteiger partial charge in [-0.1, -0.05) is 15.9 Å². The molecule has 0 amide bonds. The lowest BCUT2D eigenvalue weighted by molar-refractivity contribution is -0.138. The van der Waals surface area contributed by atoms with Crippen LogP contribution in [0.4, 0.5) is 13.2 Å². The first-order valence-electron chi connectivity index (χ1n) is 6.15. The first-order valence-corrected chi connectivity index (χ1v) is 6.94. The summed E-state index contributed by atoms with van der Waals surface area (Å²) in [5.41, 5.74) is -1.22. The molecule has 0 saturated carbocycles. The van der Waals surface area contributed by atoms with Crippen LogP contribution in [-0.4, -0.2) is 15.3 Å². The Morgan fingerprint density at radius 1 is 1.38 bits per heavy atom. The molecule has 0 aliphatic carbocycles. The lowest BCUT2D eigenvalue weighted by Crippen LogP contribution is -2.14. The second-order valence-electron chi connectivity index (χ2n) is 4.57. The summed E-state index contributed by atoms with van der Waals surface area (Å²) in [5, 5.41) is 0. The predicted octanol–water partition coefficient (Wildman–Crippen LogP) is 4.02. The minimum absolute atomic E-state index is 0.0183. The summed E-state index contributed by atoms with van der Waals surface area (Å²) < 4.78 is 41.0. The number of carbonyl (C=O) groups is 1. The molecule has 0 aliphatic heterocycles. The van der Waals surface area contributed by atoms with Crippen LogP contribution in [0.2, 0.25) is 0 Å². The maximum atomic E-state index is 13.0. The molecule has 1 aromatic heterocycles. The van der Waals surface area contributed by atoms with E-state index < -0.39 is 17.5 Å². The Labute approximate surface area is 127 Å². The van der Waals surface area contributed by atoms with Crippen LogP contribution in [0.15, 0.2) is 35.1 Å². The van der Waals surface area contributed by atoms with Gasteiger partial charge >= 0.3 is 6.18 Å². The second-order valence-corrected chi connectivity index (χ2v) is 5.48. The second kappa shape index (κ2) is 6.01. The number of imidazole rings is 1. The van der Waals surface area contributed by atoms with E-state index in [1.807, 2.05) is 0 Å². The van der Waals surface area contributed by atoms with Gasteiger partial charge in [0, 0.05) is 42.3 Å². The number of ketones is 1. The summed E-state index contributed by atoms with van der Waals surface area (Å²) in [6, 6.07) is 3.56. The van der Waals surface area contributed by atoms with E-state index in [9.17, 15) is 18.0 Å². The average Bonchev–Trinajstić information content (AvgIpc) is 2.80. The zero-order valence-corrected chi connectivity index (χ0v) is 12.7. The van der Waals surface area contributed by atoms with Crippen LogP contribution in [0.5, 0.6) is 0 Å². The van der Waals surface area contributed by atoms with E-state index in [0.29, 0.717) is 12.2 Å². The first-order chi connectivity index (χ1) is 9.79. The molecule has 0 N–H and O–H groups in total. The normalized spacial score (nSPS) is 11.7. The van der Waals surface area contributed by atoms with E-state index in [1.54, 1.807) is 24.0 Å². The van der Waals surface area contributed by atoms with Crippen molar-refractivity contribution in [1.82, 2.24) is 9.55 Å². The van der Waals surface area contributed by atoms with E-state index >= 15 is 0 Å². The van der Waals surface area contributed by atoms with Crippen molar-refractivity contribution in [1.29, 1.82) is 0 Å². The Morgan fingerprint density at radius 3 is 2.67 bits per heavy atom. The highest BCUT2D eigenvalue weighted by Gasteiger charge is 2.35. The molecule has 0 spiro atoms. The molecule has 1 aromatic carbocycles. The molecule has 21 heavy (non-hydrogen) atoms. The van der Waals surface area contributed by atoms with Gasteiger partial charge in [0.15, 0.2) is 5.78 Å². The summed E-state index contributed by atoms with van der Waals surface area (Å²) in [6.45, 7) is 0. The Hall–Kier alpha value is -1.63. The highest BCUT2D eigenvalue weighted by Crippen LogP contribution is 2.34. The van der Waals surface area contributed by atoms with Crippen molar-refractivity contribution in [2.24, 2.45) is 7.05 Å². The number of nitrogens with zero attached hydrogens (tertiary/aromatic N) is 2. The smallest absolute Gasteiger partial charge is 0.338 e. The molecule has 2 aromatic rings. The molecule has 0 atom stereocenters. The maximum absolute atomic E-state index is 13.0. The predicted molar refractivity (Wildman–Crippen MR) is 75.0 cm³/mol. The van der Waals surface area contributed by atoms with Crippen molar-refractivity contribution in [2.45, 2.75) is 19.0 Å². The van der Waals surface area contributed by atoms with E-state index in [1.165, 1.54) is 12.1 Å². The number of halogens is 4. The number of carbonyl (C=O) groups excluding carboxylic acids is 1. The van der Waals surface area contributed by atoms with E-state index in [2.05, 4.69) is 20.9 Å². The summed E-state index contributed by atoms with van der Waals surface area (Å²) in [5.74, 6) is 0.117. The van der Waals surface area contributed by atoms with Crippen LogP contribution in [0, 0.1) is 0 Å². The molecule has 7 heteroatoms. The van der Waals surface area contributed by atoms with Gasteiger partial charge in [-0.15, -0.1) is 0 Å². The molecule has 0 fully saturated rings. The standard InChI is InChI=1S/C14H12BrF3N2O/c1-20-7-6-19-13(20)5-4-12(21)10-3-2-9(15)8-11(10)14(16,17)18/h2-3,6-8H,4-5H2,1H3. The summed E-state index contributed by atoms with van der Waals surface area (Å²) >= 11 is 2.99. The molecular weight excluding hydrogens is 349 g/mol. The fourth-order valence-electron chi connectivity index (χ4n) is 1.99. The van der Waals surface area contributed by atoms with E-state index in [-0.39, 0.29) is 16.5 Å². The number of hydrogen-bond acceptors (Lipinski definition) is 2. The minimum Gasteiger partial charge on any atom is -0.338 e. The van der Waals surface area contributed by atoms with Crippen molar-refractivity contribution in [3.63, 3.8) is 0 Å². The molecular formula is C14H12BrF3N2O. The number of aryl methyl sites for hydroxylation is 2.